The number of pyridine rings is 1. The van der Waals surface area contributed by atoms with E-state index >= 15 is 0 Å². The van der Waals surface area contributed by atoms with E-state index in [0.717, 1.165) is 24.1 Å². The van der Waals surface area contributed by atoms with E-state index in [2.05, 4.69) is 6.07 Å². The Hall–Kier alpha value is -3.00. The van der Waals surface area contributed by atoms with Crippen molar-refractivity contribution in [1.29, 1.82) is 5.26 Å². The third kappa shape index (κ3) is 2.11. The first kappa shape index (κ1) is 14.6. The zero-order valence-electron chi connectivity index (χ0n) is 13.3. The van der Waals surface area contributed by atoms with Gasteiger partial charge in [-0.25, -0.2) is 0 Å². The molecule has 5 nitrogen and oxygen atoms in total. The molecular formula is C19H17N3O2. The van der Waals surface area contributed by atoms with Crippen LogP contribution in [0.3, 0.4) is 0 Å². The summed E-state index contributed by atoms with van der Waals surface area (Å²) in [5, 5.41) is 9.58. The molecule has 1 atom stereocenters. The maximum absolute atomic E-state index is 13.2. The Morgan fingerprint density at radius 1 is 1.29 bits per heavy atom. The number of nitriles is 1. The van der Waals surface area contributed by atoms with Crippen molar-refractivity contribution >= 4 is 0 Å². The third-order valence-corrected chi connectivity index (χ3v) is 4.66. The topological polar surface area (TPSA) is 81.0 Å². The number of rotatable bonds is 2. The van der Waals surface area contributed by atoms with Gasteiger partial charge in [0.05, 0.1) is 11.5 Å². The lowest BCUT2D eigenvalue weighted by Gasteiger charge is -2.27. The Bertz CT molecular complexity index is 947. The zero-order valence-corrected chi connectivity index (χ0v) is 13.3. The van der Waals surface area contributed by atoms with Gasteiger partial charge < -0.3 is 15.0 Å². The third-order valence-electron chi connectivity index (χ3n) is 4.66. The Kier molecular flexibility index (Phi) is 3.20. The average Bonchev–Trinajstić information content (AvgIpc) is 3.39. The first-order valence-corrected chi connectivity index (χ1v) is 8.00. The molecule has 0 radical (unpaired) electrons. The van der Waals surface area contributed by atoms with Crippen LogP contribution < -0.4 is 16.0 Å². The van der Waals surface area contributed by atoms with E-state index in [0.29, 0.717) is 11.3 Å². The first-order valence-electron chi connectivity index (χ1n) is 8.00. The second-order valence-electron chi connectivity index (χ2n) is 6.31. The largest absolute Gasteiger partial charge is 0.440 e. The number of nitrogens with two attached hydrogens (primary N) is 1. The Labute approximate surface area is 139 Å². The van der Waals surface area contributed by atoms with Crippen LogP contribution in [0.4, 0.5) is 0 Å². The molecule has 0 amide bonds. The maximum Gasteiger partial charge on any atom is 0.258 e. The summed E-state index contributed by atoms with van der Waals surface area (Å²) in [6, 6.07) is 13.7. The van der Waals surface area contributed by atoms with Gasteiger partial charge in [0.25, 0.3) is 5.56 Å². The molecule has 1 aromatic heterocycles. The van der Waals surface area contributed by atoms with Gasteiger partial charge in [-0.3, -0.25) is 4.79 Å². The maximum atomic E-state index is 13.2. The van der Waals surface area contributed by atoms with Crippen molar-refractivity contribution < 1.29 is 4.74 Å². The summed E-state index contributed by atoms with van der Waals surface area (Å²) in [6.07, 6.45) is 2.03. The van der Waals surface area contributed by atoms with Crippen molar-refractivity contribution in [2.75, 3.05) is 0 Å². The number of hydrogen-bond donors (Lipinski definition) is 1. The fourth-order valence-electron chi connectivity index (χ4n) is 3.43. The molecule has 1 aliphatic carbocycles. The van der Waals surface area contributed by atoms with Crippen LogP contribution in [0.5, 0.6) is 5.75 Å². The number of ether oxygens (including phenoxy) is 1. The van der Waals surface area contributed by atoms with Crippen LogP contribution in [0.15, 0.2) is 52.6 Å². The fraction of sp³-hybridized carbons (Fsp3) is 0.263. The Morgan fingerprint density at radius 2 is 2.00 bits per heavy atom. The summed E-state index contributed by atoms with van der Waals surface area (Å²) < 4.78 is 7.45. The quantitative estimate of drug-likeness (QED) is 0.923. The highest BCUT2D eigenvalue weighted by molar-refractivity contribution is 5.55. The van der Waals surface area contributed by atoms with Gasteiger partial charge in [-0.1, -0.05) is 30.3 Å². The van der Waals surface area contributed by atoms with Gasteiger partial charge in [0.2, 0.25) is 5.88 Å². The van der Waals surface area contributed by atoms with Crippen LogP contribution in [-0.2, 0) is 0 Å². The monoisotopic (exact) mass is 319 g/mol. The summed E-state index contributed by atoms with van der Waals surface area (Å²) in [6.45, 7) is 1.90. The van der Waals surface area contributed by atoms with Gasteiger partial charge in [-0.05, 0) is 25.3 Å². The molecule has 0 saturated heterocycles. The lowest BCUT2D eigenvalue weighted by molar-refractivity contribution is 0.388. The standard InChI is InChI=1S/C19H17N3O2/c1-11-9-15-17(19(23)22(11)13-7-8-13)16(12-5-3-2-4-6-12)14(10-20)18(21)24-15/h2-6,9,13,16H,7-8,21H2,1H3/t16-/m1/s1. The van der Waals surface area contributed by atoms with Gasteiger partial charge in [-0.2, -0.15) is 5.26 Å². The van der Waals surface area contributed by atoms with E-state index in [1.807, 2.05) is 47.9 Å². The van der Waals surface area contributed by atoms with Crippen LogP contribution in [0.2, 0.25) is 0 Å². The highest BCUT2D eigenvalue weighted by Gasteiger charge is 2.36. The van der Waals surface area contributed by atoms with Gasteiger partial charge in [0, 0.05) is 17.8 Å². The van der Waals surface area contributed by atoms with Crippen molar-refractivity contribution in [3.8, 4) is 11.8 Å². The summed E-state index contributed by atoms with van der Waals surface area (Å²) in [4.78, 5) is 13.2. The molecule has 2 N–H and O–H groups in total. The van der Waals surface area contributed by atoms with Crippen LogP contribution >= 0.6 is 0 Å². The molecule has 5 heteroatoms. The number of aromatic nitrogens is 1. The predicted molar refractivity (Wildman–Crippen MR) is 89.4 cm³/mol. The van der Waals surface area contributed by atoms with Crippen LogP contribution in [0.1, 0.15) is 41.6 Å². The minimum absolute atomic E-state index is 0.0711. The first-order chi connectivity index (χ1) is 11.6. The van der Waals surface area contributed by atoms with Gasteiger partial charge in [0.1, 0.15) is 17.4 Å². The minimum Gasteiger partial charge on any atom is -0.440 e. The van der Waals surface area contributed by atoms with Crippen molar-refractivity contribution in [3.63, 3.8) is 0 Å². The number of hydrogen-bond acceptors (Lipinski definition) is 4. The molecule has 0 bridgehead atoms. The second-order valence-corrected chi connectivity index (χ2v) is 6.31. The highest BCUT2D eigenvalue weighted by atomic mass is 16.5. The molecule has 2 heterocycles. The molecule has 0 unspecified atom stereocenters. The summed E-state index contributed by atoms with van der Waals surface area (Å²) in [7, 11) is 0. The second kappa shape index (κ2) is 5.27. The van der Waals surface area contributed by atoms with Crippen LogP contribution in [-0.4, -0.2) is 4.57 Å². The average molecular weight is 319 g/mol. The van der Waals surface area contributed by atoms with Gasteiger partial charge in [0.15, 0.2) is 0 Å². The number of fused-ring (bicyclic) bond motifs is 1. The van der Waals surface area contributed by atoms with E-state index < -0.39 is 5.92 Å². The van der Waals surface area contributed by atoms with E-state index in [-0.39, 0.29) is 23.1 Å². The number of aryl methyl sites for hydroxylation is 1. The lowest BCUT2D eigenvalue weighted by atomic mass is 9.84. The fourth-order valence-corrected chi connectivity index (χ4v) is 3.43. The number of allylic oxidation sites excluding steroid dienone is 1. The molecule has 120 valence electrons. The molecule has 1 saturated carbocycles. The van der Waals surface area contributed by atoms with Crippen molar-refractivity contribution in [1.82, 2.24) is 4.57 Å². The molecule has 0 spiro atoms. The van der Waals surface area contributed by atoms with Gasteiger partial charge >= 0.3 is 0 Å². The van der Waals surface area contributed by atoms with Crippen LogP contribution in [0.25, 0.3) is 0 Å². The molecular weight excluding hydrogens is 302 g/mol. The number of benzene rings is 1. The highest BCUT2D eigenvalue weighted by Crippen LogP contribution is 2.42. The van der Waals surface area contributed by atoms with E-state index in [4.69, 9.17) is 10.5 Å². The summed E-state index contributed by atoms with van der Waals surface area (Å²) in [5.41, 5.74) is 8.41. The van der Waals surface area contributed by atoms with E-state index in [9.17, 15) is 10.1 Å². The molecule has 24 heavy (non-hydrogen) atoms. The predicted octanol–water partition coefficient (Wildman–Crippen LogP) is 2.71. The zero-order chi connectivity index (χ0) is 16.8. The Morgan fingerprint density at radius 3 is 2.62 bits per heavy atom. The number of nitrogens with zero attached hydrogens (tertiary/aromatic N) is 2. The SMILES string of the molecule is Cc1cc2c(c(=O)n1C1CC1)[C@H](c1ccccc1)C(C#N)=C(N)O2. The summed E-state index contributed by atoms with van der Waals surface area (Å²) in [5.74, 6) is 0.0413. The molecule has 2 aliphatic rings. The molecule has 4 rings (SSSR count). The molecule has 1 fully saturated rings. The van der Waals surface area contributed by atoms with Crippen molar-refractivity contribution in [2.45, 2.75) is 31.7 Å². The van der Waals surface area contributed by atoms with Crippen molar-refractivity contribution in [3.05, 3.63) is 75.0 Å². The minimum atomic E-state index is -0.488. The normalized spacial score (nSPS) is 19.4. The van der Waals surface area contributed by atoms with Crippen LogP contribution in [0, 0.1) is 18.3 Å². The molecule has 2 aromatic rings. The van der Waals surface area contributed by atoms with Gasteiger partial charge in [-0.15, -0.1) is 0 Å². The van der Waals surface area contributed by atoms with E-state index in [1.165, 1.54) is 0 Å². The molecule has 1 aromatic carbocycles. The van der Waals surface area contributed by atoms with E-state index in [1.54, 1.807) is 0 Å². The molecule has 1 aliphatic heterocycles. The smallest absolute Gasteiger partial charge is 0.258 e. The Balaban J connectivity index is 2.01. The van der Waals surface area contributed by atoms with Crippen molar-refractivity contribution in [2.24, 2.45) is 5.73 Å². The summed E-state index contributed by atoms with van der Waals surface area (Å²) >= 11 is 0. The lowest BCUT2D eigenvalue weighted by Crippen LogP contribution is -2.32.